The van der Waals surface area contributed by atoms with Gasteiger partial charge in [0.25, 0.3) is 0 Å². The molecule has 0 amide bonds. The van der Waals surface area contributed by atoms with Crippen LogP contribution in [0.1, 0.15) is 46.5 Å². The van der Waals surface area contributed by atoms with Gasteiger partial charge in [0, 0.05) is 21.3 Å². The van der Waals surface area contributed by atoms with E-state index in [1.54, 1.807) is 24.5 Å². The fourth-order valence-electron chi connectivity index (χ4n) is 0.815. The van der Waals surface area contributed by atoms with Crippen molar-refractivity contribution in [2.24, 2.45) is 0 Å². The average molecular weight is 654 g/mol. The number of hydrogen-bond acceptors (Lipinski definition) is 3. The Bertz CT molecular complexity index is 521. The number of unbranched alkanes of at least 4 members (excludes halogenated alkanes) is 1. The van der Waals surface area contributed by atoms with Gasteiger partial charge in [0.05, 0.1) is 8.52 Å². The summed E-state index contributed by atoms with van der Waals surface area (Å²) in [6, 6.07) is 7.34. The van der Waals surface area contributed by atoms with Gasteiger partial charge in [-0.1, -0.05) is 28.2 Å². The first-order valence-corrected chi connectivity index (χ1v) is 9.09. The van der Waals surface area contributed by atoms with E-state index >= 15 is 0 Å². The third-order valence-electron chi connectivity index (χ3n) is 1.92. The molecular weight excluding hydrogens is 626 g/mol. The van der Waals surface area contributed by atoms with Gasteiger partial charge in [0.2, 0.25) is 0 Å². The van der Waals surface area contributed by atoms with E-state index in [1.807, 2.05) is 12.1 Å². The number of halogens is 5. The molecule has 0 aliphatic heterocycles. The molecule has 0 bridgehead atoms. The molecule has 27 heavy (non-hydrogen) atoms. The van der Waals surface area contributed by atoms with Gasteiger partial charge in [-0.25, -0.2) is 4.98 Å². The van der Waals surface area contributed by atoms with E-state index in [-0.39, 0.29) is 50.3 Å². The number of pyridine rings is 2. The SMILES string of the molecule is Brc1ccc(I)nc1.C.C.O=Cc1ccc(Br)cn1.[2H]CF.[CH2-]CCC.[Cl-].[Mg+2]. The average Bonchev–Trinajstić information content (AvgIpc) is 2.60. The third-order valence-corrected chi connectivity index (χ3v) is 3.49. The molecule has 0 saturated carbocycles. The maximum atomic E-state index is 10.0. The molecular formula is C18H27Br2ClFIMgN2O. The molecule has 0 aliphatic rings. The largest absolute Gasteiger partial charge is 2.00 e. The monoisotopic (exact) mass is 651 g/mol. The molecule has 0 aromatic carbocycles. The second-order valence-corrected chi connectivity index (χ2v) is 6.61. The summed E-state index contributed by atoms with van der Waals surface area (Å²) < 4.78 is 18.4. The number of aromatic nitrogens is 2. The first kappa shape index (κ1) is 38.3. The van der Waals surface area contributed by atoms with Crippen LogP contribution >= 0.6 is 54.5 Å². The fourth-order valence-corrected chi connectivity index (χ4v) is 1.60. The van der Waals surface area contributed by atoms with E-state index in [9.17, 15) is 9.18 Å². The summed E-state index contributed by atoms with van der Waals surface area (Å²) in [6.07, 6.45) is 6.36. The molecule has 2 aromatic heterocycles. The van der Waals surface area contributed by atoms with Crippen molar-refractivity contribution in [2.75, 3.05) is 7.15 Å². The standard InChI is InChI=1S/C6H4BrNO.C5H3BrIN.C4H9.CH3F.2CH4.ClH.Mg/c7-5-1-2-6(4-9)8-3-5;6-4-1-2-5(7)8-3-4;1-3-4-2;1-2;;;;/h1-4H;1-3H;1,3-4H2,2H3;1H3;2*1H4;1H;/q;;-1;;;;;+2/p-1/i;;;1D;;;;. The Balaban J connectivity index is -0.0000000593. The van der Waals surface area contributed by atoms with Gasteiger partial charge in [-0.05, 0) is 78.7 Å². The van der Waals surface area contributed by atoms with Crippen LogP contribution in [0.2, 0.25) is 0 Å². The van der Waals surface area contributed by atoms with Crippen molar-refractivity contribution in [3.05, 3.63) is 61.9 Å². The summed E-state index contributed by atoms with van der Waals surface area (Å²) in [7, 11) is -1.00. The van der Waals surface area contributed by atoms with Gasteiger partial charge in [-0.15, -0.1) is 0 Å². The van der Waals surface area contributed by atoms with Crippen LogP contribution in [0.5, 0.6) is 0 Å². The summed E-state index contributed by atoms with van der Waals surface area (Å²) >= 11 is 8.64. The van der Waals surface area contributed by atoms with E-state index in [4.69, 9.17) is 1.37 Å². The Kier molecular flexibility index (Phi) is 44.4. The van der Waals surface area contributed by atoms with Gasteiger partial charge >= 0.3 is 23.1 Å². The van der Waals surface area contributed by atoms with Gasteiger partial charge in [0.1, 0.15) is 9.39 Å². The van der Waals surface area contributed by atoms with E-state index < -0.39 is 7.15 Å². The minimum absolute atomic E-state index is 0. The number of carbonyl (C=O) groups excluding carboxylic acids is 1. The van der Waals surface area contributed by atoms with Crippen LogP contribution in [-0.2, 0) is 0 Å². The number of rotatable bonds is 2. The normalized spacial score (nSPS) is 7.56. The van der Waals surface area contributed by atoms with E-state index in [0.717, 1.165) is 19.1 Å². The molecule has 3 nitrogen and oxygen atoms in total. The predicted octanol–water partition coefficient (Wildman–Crippen LogP) is 4.21. The maximum absolute atomic E-state index is 10.0. The summed E-state index contributed by atoms with van der Waals surface area (Å²) in [5.41, 5.74) is 0.457. The molecule has 9 heteroatoms. The molecule has 0 unspecified atom stereocenters. The molecule has 0 spiro atoms. The van der Waals surface area contributed by atoms with Crippen molar-refractivity contribution < 1.29 is 23.0 Å². The smallest absolute Gasteiger partial charge is 1.00 e. The van der Waals surface area contributed by atoms with Crippen LogP contribution < -0.4 is 12.4 Å². The van der Waals surface area contributed by atoms with E-state index in [0.29, 0.717) is 12.0 Å². The number of nitrogens with zero attached hydrogens (tertiary/aromatic N) is 2. The minimum Gasteiger partial charge on any atom is -1.00 e. The molecule has 2 aromatic rings. The van der Waals surface area contributed by atoms with Crippen LogP contribution in [0.3, 0.4) is 0 Å². The van der Waals surface area contributed by atoms with Crippen molar-refractivity contribution in [1.82, 2.24) is 9.97 Å². The number of alkyl halides is 1. The summed E-state index contributed by atoms with van der Waals surface area (Å²) in [4.78, 5) is 17.8. The molecule has 2 heterocycles. The van der Waals surface area contributed by atoms with Gasteiger partial charge < -0.3 is 19.3 Å². The number of hydrogen-bond donors (Lipinski definition) is 0. The van der Waals surface area contributed by atoms with Crippen molar-refractivity contribution in [3.8, 4) is 0 Å². The summed E-state index contributed by atoms with van der Waals surface area (Å²) in [5, 5.41) is 0. The fraction of sp³-hybridized carbons (Fsp3) is 0.333. The van der Waals surface area contributed by atoms with Crippen LogP contribution in [0, 0.1) is 10.6 Å². The molecule has 0 saturated heterocycles. The van der Waals surface area contributed by atoms with Gasteiger partial charge in [0.15, 0.2) is 6.29 Å². The first-order valence-electron chi connectivity index (χ1n) is 7.14. The molecule has 0 aliphatic carbocycles. The molecule has 2 rings (SSSR count). The van der Waals surface area contributed by atoms with Crippen LogP contribution in [-0.4, -0.2) is 46.5 Å². The molecule has 0 atom stereocenters. The zero-order valence-electron chi connectivity index (χ0n) is 14.8. The van der Waals surface area contributed by atoms with Crippen LogP contribution in [0.25, 0.3) is 0 Å². The Morgan fingerprint density at radius 1 is 1.19 bits per heavy atom. The van der Waals surface area contributed by atoms with Gasteiger partial charge in [-0.3, -0.25) is 14.2 Å². The Labute approximate surface area is 218 Å². The Hall–Kier alpha value is 0.646. The summed E-state index contributed by atoms with van der Waals surface area (Å²) in [6.45, 7) is 5.72. The Morgan fingerprint density at radius 2 is 1.59 bits per heavy atom. The molecule has 0 radical (unpaired) electrons. The quantitative estimate of drug-likeness (QED) is 0.161. The molecule has 0 fully saturated rings. The summed E-state index contributed by atoms with van der Waals surface area (Å²) in [5.74, 6) is 0. The molecule has 0 N–H and O–H groups in total. The van der Waals surface area contributed by atoms with Crippen molar-refractivity contribution in [3.63, 3.8) is 0 Å². The van der Waals surface area contributed by atoms with Crippen molar-refractivity contribution in [1.29, 1.82) is 0 Å². The third kappa shape index (κ3) is 28.9. The molecule has 152 valence electrons. The topological polar surface area (TPSA) is 42.9 Å². The van der Waals surface area contributed by atoms with E-state index in [2.05, 4.69) is 78.3 Å². The Morgan fingerprint density at radius 3 is 1.81 bits per heavy atom. The second-order valence-electron chi connectivity index (χ2n) is 3.67. The van der Waals surface area contributed by atoms with E-state index in [1.165, 1.54) is 6.42 Å². The zero-order chi connectivity index (χ0) is 18.8. The van der Waals surface area contributed by atoms with Gasteiger partial charge in [-0.2, -0.15) is 6.42 Å². The zero-order valence-corrected chi connectivity index (χ0v) is 21.3. The maximum Gasteiger partial charge on any atom is 2.00 e. The van der Waals surface area contributed by atoms with Crippen LogP contribution in [0.4, 0.5) is 4.39 Å². The van der Waals surface area contributed by atoms with Crippen molar-refractivity contribution >= 4 is 83.8 Å². The number of carbonyl (C=O) groups is 1. The first-order chi connectivity index (χ1) is 11.4. The minimum atomic E-state index is -1.00. The van der Waals surface area contributed by atoms with Crippen molar-refractivity contribution in [2.45, 2.75) is 34.6 Å². The number of aldehydes is 1. The second kappa shape index (κ2) is 31.3. The van der Waals surface area contributed by atoms with Crippen LogP contribution in [0.15, 0.2) is 45.6 Å². The predicted molar refractivity (Wildman–Crippen MR) is 128 cm³/mol.